The van der Waals surface area contributed by atoms with E-state index in [1.807, 2.05) is 62.4 Å². The van der Waals surface area contributed by atoms with Gasteiger partial charge < -0.3 is 10.1 Å². The lowest BCUT2D eigenvalue weighted by Gasteiger charge is -2.14. The van der Waals surface area contributed by atoms with Gasteiger partial charge in [-0.05, 0) is 47.5 Å². The molecule has 0 aliphatic rings. The molecular formula is C19H21N5O2S. The number of hydrogen-bond acceptors (Lipinski definition) is 6. The molecule has 0 aliphatic carbocycles. The molecule has 0 bridgehead atoms. The Hall–Kier alpha value is -2.87. The van der Waals surface area contributed by atoms with Crippen LogP contribution in [0.3, 0.4) is 0 Å². The summed E-state index contributed by atoms with van der Waals surface area (Å²) in [7, 11) is 1.60. The van der Waals surface area contributed by atoms with E-state index in [1.165, 1.54) is 11.8 Å². The van der Waals surface area contributed by atoms with Crippen LogP contribution in [0.4, 0.5) is 0 Å². The number of nitrogens with one attached hydrogen (secondary N) is 1. The zero-order chi connectivity index (χ0) is 19.2. The predicted molar refractivity (Wildman–Crippen MR) is 104 cm³/mol. The lowest BCUT2D eigenvalue weighted by atomic mass is 10.1. The van der Waals surface area contributed by atoms with Crippen molar-refractivity contribution in [2.24, 2.45) is 0 Å². The number of ether oxygens (including phenoxy) is 1. The molecule has 3 rings (SSSR count). The zero-order valence-electron chi connectivity index (χ0n) is 15.4. The smallest absolute Gasteiger partial charge is 0.230 e. The summed E-state index contributed by atoms with van der Waals surface area (Å²) in [6, 6.07) is 15.5. The molecule has 140 valence electrons. The quantitative estimate of drug-likeness (QED) is 0.632. The molecule has 0 saturated carbocycles. The van der Waals surface area contributed by atoms with Gasteiger partial charge in [0, 0.05) is 0 Å². The van der Waals surface area contributed by atoms with Crippen molar-refractivity contribution in [3.05, 3.63) is 59.7 Å². The molecule has 3 aromatic rings. The first kappa shape index (κ1) is 18.9. The second-order valence-corrected chi connectivity index (χ2v) is 6.98. The largest absolute Gasteiger partial charge is 0.494 e. The molecule has 1 N–H and O–H groups in total. The zero-order valence-corrected chi connectivity index (χ0v) is 16.2. The molecule has 1 amide bonds. The van der Waals surface area contributed by atoms with Crippen LogP contribution in [0, 0.1) is 6.92 Å². The fourth-order valence-corrected chi connectivity index (χ4v) is 3.32. The third-order valence-corrected chi connectivity index (χ3v) is 4.93. The van der Waals surface area contributed by atoms with Gasteiger partial charge in [0.15, 0.2) is 0 Å². The Kier molecular flexibility index (Phi) is 6.08. The van der Waals surface area contributed by atoms with E-state index in [0.29, 0.717) is 10.9 Å². The summed E-state index contributed by atoms with van der Waals surface area (Å²) >= 11 is 1.28. The van der Waals surface area contributed by atoms with Gasteiger partial charge in [-0.3, -0.25) is 4.79 Å². The highest BCUT2D eigenvalue weighted by Gasteiger charge is 2.16. The first-order valence-corrected chi connectivity index (χ1v) is 9.47. The van der Waals surface area contributed by atoms with Gasteiger partial charge in [-0.2, -0.15) is 4.68 Å². The van der Waals surface area contributed by atoms with Crippen molar-refractivity contribution in [1.29, 1.82) is 0 Å². The van der Waals surface area contributed by atoms with Crippen molar-refractivity contribution in [3.63, 3.8) is 0 Å². The topological polar surface area (TPSA) is 81.9 Å². The van der Waals surface area contributed by atoms with E-state index < -0.39 is 0 Å². The van der Waals surface area contributed by atoms with Gasteiger partial charge >= 0.3 is 0 Å². The van der Waals surface area contributed by atoms with Crippen LogP contribution in [-0.4, -0.2) is 39.0 Å². The maximum atomic E-state index is 12.3. The van der Waals surface area contributed by atoms with E-state index in [4.69, 9.17) is 4.74 Å². The number of rotatable bonds is 7. The molecule has 0 spiro atoms. The minimum Gasteiger partial charge on any atom is -0.494 e. The highest BCUT2D eigenvalue weighted by molar-refractivity contribution is 7.99. The fourth-order valence-electron chi connectivity index (χ4n) is 2.62. The number of benzene rings is 2. The molecule has 0 fully saturated rings. The molecule has 1 aromatic heterocycles. The second kappa shape index (κ2) is 8.68. The Morgan fingerprint density at radius 1 is 1.26 bits per heavy atom. The van der Waals surface area contributed by atoms with Crippen LogP contribution >= 0.6 is 11.8 Å². The van der Waals surface area contributed by atoms with Gasteiger partial charge in [0.05, 0.1) is 18.9 Å². The van der Waals surface area contributed by atoms with Gasteiger partial charge in [-0.25, -0.2) is 0 Å². The SMILES string of the molecule is COc1ccc(C)cc1-n1nnnc1SCC(=O)NC(C)c1ccccc1. The molecule has 1 atom stereocenters. The van der Waals surface area contributed by atoms with E-state index >= 15 is 0 Å². The molecule has 0 radical (unpaired) electrons. The number of amides is 1. The van der Waals surface area contributed by atoms with E-state index in [9.17, 15) is 4.79 Å². The lowest BCUT2D eigenvalue weighted by Crippen LogP contribution is -2.28. The van der Waals surface area contributed by atoms with E-state index in [2.05, 4.69) is 20.8 Å². The Balaban J connectivity index is 1.67. The van der Waals surface area contributed by atoms with Crippen molar-refractivity contribution in [1.82, 2.24) is 25.5 Å². The summed E-state index contributed by atoms with van der Waals surface area (Å²) in [6.07, 6.45) is 0. The minimum atomic E-state index is -0.0814. The highest BCUT2D eigenvalue weighted by Crippen LogP contribution is 2.27. The number of carbonyl (C=O) groups excluding carboxylic acids is 1. The number of hydrogen-bond donors (Lipinski definition) is 1. The van der Waals surface area contributed by atoms with Gasteiger partial charge in [-0.15, -0.1) is 5.10 Å². The normalized spacial score (nSPS) is 11.8. The number of carbonyl (C=O) groups is 1. The molecule has 7 nitrogen and oxygen atoms in total. The number of tetrazole rings is 1. The van der Waals surface area contributed by atoms with Crippen molar-refractivity contribution >= 4 is 17.7 Å². The third kappa shape index (κ3) is 4.65. The molecule has 27 heavy (non-hydrogen) atoms. The Morgan fingerprint density at radius 3 is 2.78 bits per heavy atom. The molecule has 0 aliphatic heterocycles. The first-order valence-electron chi connectivity index (χ1n) is 8.49. The first-order chi connectivity index (χ1) is 13.1. The number of methoxy groups -OCH3 is 1. The molecule has 8 heteroatoms. The summed E-state index contributed by atoms with van der Waals surface area (Å²) in [5.41, 5.74) is 2.86. The van der Waals surface area contributed by atoms with Gasteiger partial charge in [-0.1, -0.05) is 48.2 Å². The minimum absolute atomic E-state index is 0.0628. The summed E-state index contributed by atoms with van der Waals surface area (Å²) in [4.78, 5) is 12.3. The molecular weight excluding hydrogens is 362 g/mol. The van der Waals surface area contributed by atoms with E-state index in [-0.39, 0.29) is 17.7 Å². The predicted octanol–water partition coefficient (Wildman–Crippen LogP) is 2.95. The summed E-state index contributed by atoms with van der Waals surface area (Å²) in [5, 5.41) is 15.3. The van der Waals surface area contributed by atoms with E-state index in [1.54, 1.807) is 11.8 Å². The van der Waals surface area contributed by atoms with Crippen molar-refractivity contribution in [3.8, 4) is 11.4 Å². The monoisotopic (exact) mass is 383 g/mol. The Labute approximate surface area is 162 Å². The van der Waals surface area contributed by atoms with Crippen LogP contribution in [0.25, 0.3) is 5.69 Å². The van der Waals surface area contributed by atoms with Crippen LogP contribution < -0.4 is 10.1 Å². The summed E-state index contributed by atoms with van der Waals surface area (Å²) in [5.74, 6) is 0.796. The van der Waals surface area contributed by atoms with Crippen LogP contribution in [0.5, 0.6) is 5.75 Å². The van der Waals surface area contributed by atoms with E-state index in [0.717, 1.165) is 16.8 Å². The standard InChI is InChI=1S/C19H21N5O2S/c1-13-9-10-17(26-3)16(11-13)24-19(21-22-23-24)27-12-18(25)20-14(2)15-7-5-4-6-8-15/h4-11,14H,12H2,1-3H3,(H,20,25). The average molecular weight is 383 g/mol. The highest BCUT2D eigenvalue weighted by atomic mass is 32.2. The summed E-state index contributed by atoms with van der Waals surface area (Å²) < 4.78 is 6.99. The second-order valence-electron chi connectivity index (χ2n) is 6.04. The summed E-state index contributed by atoms with van der Waals surface area (Å²) in [6.45, 7) is 3.94. The van der Waals surface area contributed by atoms with Crippen molar-refractivity contribution < 1.29 is 9.53 Å². The number of thioether (sulfide) groups is 1. The maximum Gasteiger partial charge on any atom is 0.230 e. The van der Waals surface area contributed by atoms with Gasteiger partial charge in [0.1, 0.15) is 11.4 Å². The molecule has 2 aromatic carbocycles. The number of aryl methyl sites for hydroxylation is 1. The Bertz CT molecular complexity index is 913. The van der Waals surface area contributed by atoms with Crippen LogP contribution in [-0.2, 0) is 4.79 Å². The molecule has 1 unspecified atom stereocenters. The lowest BCUT2D eigenvalue weighted by molar-refractivity contribution is -0.119. The number of aromatic nitrogens is 4. The van der Waals surface area contributed by atoms with Gasteiger partial charge in [0.25, 0.3) is 0 Å². The van der Waals surface area contributed by atoms with Crippen molar-refractivity contribution in [2.45, 2.75) is 25.0 Å². The van der Waals surface area contributed by atoms with Crippen LogP contribution in [0.15, 0.2) is 53.7 Å². The van der Waals surface area contributed by atoms with Crippen LogP contribution in [0.1, 0.15) is 24.1 Å². The van der Waals surface area contributed by atoms with Crippen LogP contribution in [0.2, 0.25) is 0 Å². The fraction of sp³-hybridized carbons (Fsp3) is 0.263. The number of nitrogens with zero attached hydrogens (tertiary/aromatic N) is 4. The Morgan fingerprint density at radius 2 is 2.04 bits per heavy atom. The third-order valence-electron chi connectivity index (χ3n) is 4.01. The van der Waals surface area contributed by atoms with Crippen molar-refractivity contribution in [2.75, 3.05) is 12.9 Å². The maximum absolute atomic E-state index is 12.3. The molecule has 0 saturated heterocycles. The molecule has 1 heterocycles. The van der Waals surface area contributed by atoms with Gasteiger partial charge in [0.2, 0.25) is 11.1 Å². The average Bonchev–Trinajstić information content (AvgIpc) is 3.15.